The van der Waals surface area contributed by atoms with Gasteiger partial charge in [-0.05, 0) is 13.8 Å². The number of nitrogens with one attached hydrogen (secondary N) is 1. The Bertz CT molecular complexity index is 605. The molecule has 2 unspecified atom stereocenters. The van der Waals surface area contributed by atoms with Gasteiger partial charge in [0, 0.05) is 18.5 Å². The van der Waals surface area contributed by atoms with Crippen molar-refractivity contribution < 1.29 is 23.1 Å². The van der Waals surface area contributed by atoms with E-state index in [9.17, 15) is 13.2 Å². The Balaban J connectivity index is 1.98. The van der Waals surface area contributed by atoms with Crippen LogP contribution in [-0.4, -0.2) is 54.1 Å². The molecular weight excluding hydrogens is 318 g/mol. The molecule has 8 nitrogen and oxygen atoms in total. The summed E-state index contributed by atoms with van der Waals surface area (Å²) in [6.07, 6.45) is -0.326. The second-order valence-corrected chi connectivity index (χ2v) is 7.53. The third kappa shape index (κ3) is 4.20. The molecule has 118 valence electrons. The molecule has 1 aliphatic heterocycles. The van der Waals surface area contributed by atoms with Crippen molar-refractivity contribution in [3.05, 3.63) is 16.1 Å². The quantitative estimate of drug-likeness (QED) is 0.800. The number of thiazole rings is 1. The van der Waals surface area contributed by atoms with Gasteiger partial charge in [-0.25, -0.2) is 9.78 Å². The second kappa shape index (κ2) is 6.36. The second-order valence-electron chi connectivity index (χ2n) is 4.83. The summed E-state index contributed by atoms with van der Waals surface area (Å²) in [5, 5.41) is 10.6. The lowest BCUT2D eigenvalue weighted by molar-refractivity contribution is -0.0444. The van der Waals surface area contributed by atoms with Crippen LogP contribution >= 0.6 is 11.3 Å². The van der Waals surface area contributed by atoms with Gasteiger partial charge < -0.3 is 9.84 Å². The fourth-order valence-electron chi connectivity index (χ4n) is 2.06. The number of nitrogens with zero attached hydrogens (tertiary/aromatic N) is 2. The molecule has 0 bridgehead atoms. The Kier molecular flexibility index (Phi) is 4.94. The van der Waals surface area contributed by atoms with Crippen molar-refractivity contribution in [1.29, 1.82) is 0 Å². The molecule has 1 aliphatic rings. The summed E-state index contributed by atoms with van der Waals surface area (Å²) in [5.74, 6) is -1.13. The molecule has 10 heteroatoms. The molecule has 0 spiro atoms. The van der Waals surface area contributed by atoms with E-state index in [-0.39, 0.29) is 37.5 Å². The molecule has 0 radical (unpaired) electrons. The predicted molar refractivity (Wildman–Crippen MR) is 76.4 cm³/mol. The largest absolute Gasteiger partial charge is 0.476 e. The van der Waals surface area contributed by atoms with Crippen molar-refractivity contribution in [3.63, 3.8) is 0 Å². The molecule has 0 aliphatic carbocycles. The van der Waals surface area contributed by atoms with Crippen LogP contribution in [0, 0.1) is 0 Å². The van der Waals surface area contributed by atoms with E-state index in [0.717, 1.165) is 11.3 Å². The topological polar surface area (TPSA) is 109 Å². The highest BCUT2D eigenvalue weighted by Gasteiger charge is 2.30. The van der Waals surface area contributed by atoms with E-state index in [1.807, 2.05) is 13.8 Å². The van der Waals surface area contributed by atoms with Gasteiger partial charge in [0.25, 0.3) is 10.2 Å². The molecule has 2 heterocycles. The van der Waals surface area contributed by atoms with Crippen LogP contribution in [0.5, 0.6) is 0 Å². The first-order valence-corrected chi connectivity index (χ1v) is 8.68. The summed E-state index contributed by atoms with van der Waals surface area (Å²) >= 11 is 1.10. The lowest BCUT2D eigenvalue weighted by Crippen LogP contribution is -2.51. The van der Waals surface area contributed by atoms with Crippen molar-refractivity contribution in [3.8, 4) is 0 Å². The zero-order valence-electron chi connectivity index (χ0n) is 11.6. The average Bonchev–Trinajstić information content (AvgIpc) is 2.84. The maximum atomic E-state index is 12.2. The Hall–Kier alpha value is -1.07. The van der Waals surface area contributed by atoms with Gasteiger partial charge in [0.1, 0.15) is 5.01 Å². The molecule has 0 amide bonds. The van der Waals surface area contributed by atoms with Crippen LogP contribution in [0.3, 0.4) is 0 Å². The SMILES string of the molecule is CC1CN(S(=O)(=O)NCc2nc(C(=O)O)cs2)CC(C)O1. The Labute approximate surface area is 126 Å². The minimum Gasteiger partial charge on any atom is -0.476 e. The van der Waals surface area contributed by atoms with Crippen molar-refractivity contribution in [2.24, 2.45) is 0 Å². The maximum Gasteiger partial charge on any atom is 0.355 e. The minimum absolute atomic E-state index is 0.0274. The smallest absolute Gasteiger partial charge is 0.355 e. The number of carboxylic acid groups (broad SMARTS) is 1. The normalized spacial score (nSPS) is 24.1. The van der Waals surface area contributed by atoms with E-state index in [1.54, 1.807) is 0 Å². The lowest BCUT2D eigenvalue weighted by atomic mass is 10.3. The molecule has 2 atom stereocenters. The number of rotatable bonds is 5. The van der Waals surface area contributed by atoms with Crippen molar-refractivity contribution >= 4 is 27.5 Å². The van der Waals surface area contributed by atoms with Gasteiger partial charge in [-0.3, -0.25) is 0 Å². The van der Waals surface area contributed by atoms with E-state index in [4.69, 9.17) is 9.84 Å². The summed E-state index contributed by atoms with van der Waals surface area (Å²) in [5.41, 5.74) is -0.0807. The van der Waals surface area contributed by atoms with Crippen LogP contribution < -0.4 is 4.72 Å². The fraction of sp³-hybridized carbons (Fsp3) is 0.636. The number of carbonyl (C=O) groups is 1. The Morgan fingerprint density at radius 1 is 1.52 bits per heavy atom. The van der Waals surface area contributed by atoms with E-state index < -0.39 is 16.2 Å². The summed E-state index contributed by atoms with van der Waals surface area (Å²) in [6.45, 7) is 4.19. The molecule has 0 aromatic carbocycles. The molecule has 21 heavy (non-hydrogen) atoms. The lowest BCUT2D eigenvalue weighted by Gasteiger charge is -2.34. The van der Waals surface area contributed by atoms with Gasteiger partial charge in [0.2, 0.25) is 0 Å². The number of ether oxygens (including phenoxy) is 1. The number of hydrogen-bond acceptors (Lipinski definition) is 6. The molecule has 1 aromatic heterocycles. The van der Waals surface area contributed by atoms with E-state index in [1.165, 1.54) is 9.69 Å². The van der Waals surface area contributed by atoms with E-state index in [0.29, 0.717) is 5.01 Å². The first-order chi connectivity index (χ1) is 9.78. The van der Waals surface area contributed by atoms with Gasteiger partial charge in [-0.2, -0.15) is 17.4 Å². The number of aromatic nitrogens is 1. The minimum atomic E-state index is -3.64. The highest BCUT2D eigenvalue weighted by atomic mass is 32.2. The van der Waals surface area contributed by atoms with Crippen LogP contribution in [-0.2, 0) is 21.5 Å². The van der Waals surface area contributed by atoms with Crippen molar-refractivity contribution in [2.45, 2.75) is 32.6 Å². The summed E-state index contributed by atoms with van der Waals surface area (Å²) in [4.78, 5) is 14.6. The number of aromatic carboxylic acids is 1. The molecule has 2 rings (SSSR count). The van der Waals surface area contributed by atoms with Gasteiger partial charge in [0.05, 0.1) is 18.8 Å². The van der Waals surface area contributed by atoms with Gasteiger partial charge >= 0.3 is 5.97 Å². The first kappa shape index (κ1) is 16.3. The molecule has 1 saturated heterocycles. The van der Waals surface area contributed by atoms with Crippen molar-refractivity contribution in [1.82, 2.24) is 14.0 Å². The van der Waals surface area contributed by atoms with Crippen LogP contribution in [0.4, 0.5) is 0 Å². The standard InChI is InChI=1S/C11H17N3O5S2/c1-7-4-14(5-8(2)19-7)21(17,18)12-3-10-13-9(6-20-10)11(15)16/h6-8,12H,3-5H2,1-2H3,(H,15,16). The number of morpholine rings is 1. The first-order valence-electron chi connectivity index (χ1n) is 6.36. The highest BCUT2D eigenvalue weighted by Crippen LogP contribution is 2.15. The third-order valence-electron chi connectivity index (χ3n) is 2.90. The molecule has 1 fully saturated rings. The molecule has 0 saturated carbocycles. The predicted octanol–water partition coefficient (Wildman–Crippen LogP) is 0.285. The van der Waals surface area contributed by atoms with Gasteiger partial charge in [0.15, 0.2) is 5.69 Å². The molecular formula is C11H17N3O5S2. The zero-order chi connectivity index (χ0) is 15.6. The van der Waals surface area contributed by atoms with Gasteiger partial charge in [-0.15, -0.1) is 11.3 Å². The highest BCUT2D eigenvalue weighted by molar-refractivity contribution is 7.87. The fourth-order valence-corrected chi connectivity index (χ4v) is 4.17. The van der Waals surface area contributed by atoms with E-state index in [2.05, 4.69) is 9.71 Å². The van der Waals surface area contributed by atoms with Crippen LogP contribution in [0.1, 0.15) is 29.3 Å². The summed E-state index contributed by atoms with van der Waals surface area (Å²) in [7, 11) is -3.64. The monoisotopic (exact) mass is 335 g/mol. The molecule has 2 N–H and O–H groups in total. The molecule has 1 aromatic rings. The summed E-state index contributed by atoms with van der Waals surface area (Å²) < 4.78 is 33.7. The number of carboxylic acids is 1. The maximum absolute atomic E-state index is 12.2. The van der Waals surface area contributed by atoms with E-state index >= 15 is 0 Å². The van der Waals surface area contributed by atoms with Gasteiger partial charge in [-0.1, -0.05) is 0 Å². The van der Waals surface area contributed by atoms with Crippen molar-refractivity contribution in [2.75, 3.05) is 13.1 Å². The van der Waals surface area contributed by atoms with Crippen LogP contribution in [0.15, 0.2) is 5.38 Å². The Morgan fingerprint density at radius 2 is 2.14 bits per heavy atom. The number of hydrogen-bond donors (Lipinski definition) is 2. The average molecular weight is 335 g/mol. The van der Waals surface area contributed by atoms with Crippen LogP contribution in [0.25, 0.3) is 0 Å². The third-order valence-corrected chi connectivity index (χ3v) is 5.24. The summed E-state index contributed by atoms with van der Waals surface area (Å²) in [6, 6.07) is 0. The van der Waals surface area contributed by atoms with Crippen LogP contribution in [0.2, 0.25) is 0 Å². The zero-order valence-corrected chi connectivity index (χ0v) is 13.3. The Morgan fingerprint density at radius 3 is 2.67 bits per heavy atom.